The summed E-state index contributed by atoms with van der Waals surface area (Å²) in [5.41, 5.74) is 2.23. The van der Waals surface area contributed by atoms with Crippen molar-refractivity contribution >= 4 is 22.6 Å². The van der Waals surface area contributed by atoms with Gasteiger partial charge in [-0.1, -0.05) is 0 Å². The van der Waals surface area contributed by atoms with Gasteiger partial charge in [0.05, 0.1) is 11.1 Å². The first-order valence-electron chi connectivity index (χ1n) is 13.4. The molecule has 3 aromatic carbocycles. The number of alkyl halides is 3. The minimum Gasteiger partial charge on any atom is -0.457 e. The van der Waals surface area contributed by atoms with Crippen LogP contribution in [0.4, 0.5) is 13.2 Å². The number of Topliss-reactive ketones (excluding diaryl/α,β-unsaturated/α-hetero) is 1. The molecule has 0 aliphatic carbocycles. The van der Waals surface area contributed by atoms with E-state index >= 15 is 0 Å². The van der Waals surface area contributed by atoms with Gasteiger partial charge in [-0.3, -0.25) is 14.3 Å². The number of aromatic nitrogens is 2. The second-order valence-electron chi connectivity index (χ2n) is 10.3. The van der Waals surface area contributed by atoms with Crippen LogP contribution in [0.1, 0.15) is 44.7 Å². The van der Waals surface area contributed by atoms with E-state index in [0.717, 1.165) is 28.6 Å². The number of carbonyl (C=O) groups is 2. The van der Waals surface area contributed by atoms with Crippen molar-refractivity contribution in [3.05, 3.63) is 89.1 Å². The molecule has 0 bridgehead atoms. The summed E-state index contributed by atoms with van der Waals surface area (Å²) >= 11 is 0. The molecular weight excluding hydrogens is 535 g/mol. The Balaban J connectivity index is 1.14. The number of aryl methyl sites for hydroxylation is 1. The number of ether oxygens (including phenoxy) is 2. The first-order chi connectivity index (χ1) is 19.6. The quantitative estimate of drug-likeness (QED) is 0.161. The smallest absolute Gasteiger partial charge is 0.416 e. The van der Waals surface area contributed by atoms with Crippen molar-refractivity contribution in [3.8, 4) is 11.5 Å². The standard InChI is InChI=1S/C31H30F3N3O4/c1-20-26(29(38)4-3-15-40-2)13-14-28-27(20)19-37(35-28)18-21-16-36(17-21)30(39)22-5-9-24(10-6-22)41-25-11-7-23(8-12-25)31(32,33)34/h5-14,19,21H,3-4,15-18H2,1-2H3. The van der Waals surface area contributed by atoms with E-state index in [2.05, 4.69) is 5.10 Å². The van der Waals surface area contributed by atoms with E-state index in [0.29, 0.717) is 56.0 Å². The predicted octanol–water partition coefficient (Wildman–Crippen LogP) is 6.54. The number of ketones is 1. The molecule has 2 heterocycles. The Kier molecular flexibility index (Phi) is 8.12. The van der Waals surface area contributed by atoms with Gasteiger partial charge in [-0.05, 0) is 79.6 Å². The monoisotopic (exact) mass is 565 g/mol. The highest BCUT2D eigenvalue weighted by Gasteiger charge is 2.32. The van der Waals surface area contributed by atoms with E-state index in [4.69, 9.17) is 9.47 Å². The fourth-order valence-corrected chi connectivity index (χ4v) is 5.00. The number of halogens is 3. The summed E-state index contributed by atoms with van der Waals surface area (Å²) in [6, 6.07) is 14.7. The van der Waals surface area contributed by atoms with Gasteiger partial charge < -0.3 is 14.4 Å². The maximum absolute atomic E-state index is 12.9. The Morgan fingerprint density at radius 2 is 1.63 bits per heavy atom. The SMILES string of the molecule is COCCCC(=O)c1ccc2nn(CC3CN(C(=O)c4ccc(Oc5ccc(C(F)(F)F)cc5)cc4)C3)cc2c1C. The van der Waals surface area contributed by atoms with E-state index in [9.17, 15) is 22.8 Å². The van der Waals surface area contributed by atoms with Gasteiger partial charge in [0.2, 0.25) is 0 Å². The number of hydrogen-bond donors (Lipinski definition) is 0. The van der Waals surface area contributed by atoms with Crippen LogP contribution < -0.4 is 4.74 Å². The molecule has 0 unspecified atom stereocenters. The molecule has 7 nitrogen and oxygen atoms in total. The average molecular weight is 566 g/mol. The van der Waals surface area contributed by atoms with Crippen molar-refractivity contribution in [3.63, 3.8) is 0 Å². The Labute approximate surface area is 235 Å². The third-order valence-electron chi connectivity index (χ3n) is 7.27. The second kappa shape index (κ2) is 11.7. The third kappa shape index (κ3) is 6.43. The first kappa shape index (κ1) is 28.4. The Morgan fingerprint density at radius 1 is 0.976 bits per heavy atom. The lowest BCUT2D eigenvalue weighted by Gasteiger charge is -2.39. The van der Waals surface area contributed by atoms with Crippen molar-refractivity contribution in [2.45, 2.75) is 32.5 Å². The average Bonchev–Trinajstić information content (AvgIpc) is 3.34. The van der Waals surface area contributed by atoms with E-state index < -0.39 is 11.7 Å². The number of likely N-dealkylation sites (tertiary alicyclic amines) is 1. The summed E-state index contributed by atoms with van der Waals surface area (Å²) in [5.74, 6) is 0.950. The molecule has 1 saturated heterocycles. The highest BCUT2D eigenvalue weighted by molar-refractivity contribution is 6.01. The third-order valence-corrected chi connectivity index (χ3v) is 7.27. The minimum atomic E-state index is -4.41. The lowest BCUT2D eigenvalue weighted by atomic mass is 9.98. The number of hydrogen-bond acceptors (Lipinski definition) is 5. The zero-order valence-electron chi connectivity index (χ0n) is 22.8. The van der Waals surface area contributed by atoms with Gasteiger partial charge in [-0.25, -0.2) is 0 Å². The van der Waals surface area contributed by atoms with Crippen molar-refractivity contribution in [2.24, 2.45) is 5.92 Å². The van der Waals surface area contributed by atoms with Crippen molar-refractivity contribution in [1.82, 2.24) is 14.7 Å². The largest absolute Gasteiger partial charge is 0.457 e. The molecule has 1 aromatic heterocycles. The van der Waals surface area contributed by atoms with Crippen LogP contribution >= 0.6 is 0 Å². The summed E-state index contributed by atoms with van der Waals surface area (Å²) in [4.78, 5) is 27.3. The second-order valence-corrected chi connectivity index (χ2v) is 10.3. The molecular formula is C31H30F3N3O4. The summed E-state index contributed by atoms with van der Waals surface area (Å²) < 4.78 is 50.8. The summed E-state index contributed by atoms with van der Waals surface area (Å²) in [6.45, 7) is 4.36. The van der Waals surface area contributed by atoms with Crippen molar-refractivity contribution < 1.29 is 32.2 Å². The zero-order valence-corrected chi connectivity index (χ0v) is 22.8. The summed E-state index contributed by atoms with van der Waals surface area (Å²) in [7, 11) is 1.62. The van der Waals surface area contributed by atoms with Crippen LogP contribution in [-0.4, -0.2) is 53.2 Å². The van der Waals surface area contributed by atoms with Crippen LogP contribution in [0.25, 0.3) is 10.9 Å². The van der Waals surface area contributed by atoms with Crippen LogP contribution in [0.3, 0.4) is 0 Å². The number of amides is 1. The first-order valence-corrected chi connectivity index (χ1v) is 13.4. The number of rotatable bonds is 10. The van der Waals surface area contributed by atoms with E-state index in [1.807, 2.05) is 29.9 Å². The molecule has 0 spiro atoms. The van der Waals surface area contributed by atoms with Crippen LogP contribution in [-0.2, 0) is 17.5 Å². The lowest BCUT2D eigenvalue weighted by molar-refractivity contribution is -0.137. The molecule has 10 heteroatoms. The molecule has 4 aromatic rings. The molecule has 1 aliphatic rings. The molecule has 1 aliphatic heterocycles. The van der Waals surface area contributed by atoms with Gasteiger partial charge in [0.15, 0.2) is 5.78 Å². The van der Waals surface area contributed by atoms with Crippen molar-refractivity contribution in [1.29, 1.82) is 0 Å². The van der Waals surface area contributed by atoms with Crippen LogP contribution in [0.2, 0.25) is 0 Å². The molecule has 0 saturated carbocycles. The molecule has 214 valence electrons. The van der Waals surface area contributed by atoms with Gasteiger partial charge in [0.25, 0.3) is 5.91 Å². The van der Waals surface area contributed by atoms with E-state index in [1.54, 1.807) is 36.3 Å². The van der Waals surface area contributed by atoms with E-state index in [-0.39, 0.29) is 23.4 Å². The zero-order chi connectivity index (χ0) is 29.1. The van der Waals surface area contributed by atoms with Gasteiger partial charge >= 0.3 is 6.18 Å². The molecule has 0 atom stereocenters. The summed E-state index contributed by atoms with van der Waals surface area (Å²) in [6.07, 6.45) is -1.31. The number of fused-ring (bicyclic) bond motifs is 1. The highest BCUT2D eigenvalue weighted by atomic mass is 19.4. The normalized spacial score (nSPS) is 13.8. The molecule has 41 heavy (non-hydrogen) atoms. The van der Waals surface area contributed by atoms with Crippen LogP contribution in [0.5, 0.6) is 11.5 Å². The number of methoxy groups -OCH3 is 1. The Bertz CT molecular complexity index is 1540. The maximum atomic E-state index is 12.9. The molecule has 5 rings (SSSR count). The Hall–Kier alpha value is -4.18. The number of nitrogens with zero attached hydrogens (tertiary/aromatic N) is 3. The van der Waals surface area contributed by atoms with Crippen molar-refractivity contribution in [2.75, 3.05) is 26.8 Å². The topological polar surface area (TPSA) is 73.7 Å². The maximum Gasteiger partial charge on any atom is 0.416 e. The van der Waals surface area contributed by atoms with Gasteiger partial charge in [0, 0.05) is 68.4 Å². The molecule has 1 fully saturated rings. The highest BCUT2D eigenvalue weighted by Crippen LogP contribution is 2.32. The predicted molar refractivity (Wildman–Crippen MR) is 147 cm³/mol. The molecule has 0 N–H and O–H groups in total. The molecule has 1 amide bonds. The number of benzene rings is 3. The fraction of sp³-hybridized carbons (Fsp3) is 0.323. The van der Waals surface area contributed by atoms with Gasteiger partial charge in [0.1, 0.15) is 11.5 Å². The summed E-state index contributed by atoms with van der Waals surface area (Å²) in [5, 5.41) is 5.62. The van der Waals surface area contributed by atoms with Crippen LogP contribution in [0.15, 0.2) is 66.9 Å². The van der Waals surface area contributed by atoms with E-state index in [1.165, 1.54) is 12.1 Å². The van der Waals surface area contributed by atoms with Gasteiger partial charge in [-0.2, -0.15) is 18.3 Å². The fourth-order valence-electron chi connectivity index (χ4n) is 5.00. The molecule has 0 radical (unpaired) electrons. The van der Waals surface area contributed by atoms with Crippen LogP contribution in [0, 0.1) is 12.8 Å². The Morgan fingerprint density at radius 3 is 2.27 bits per heavy atom. The minimum absolute atomic E-state index is 0.0968. The lowest BCUT2D eigenvalue weighted by Crippen LogP contribution is -2.51. The van der Waals surface area contributed by atoms with Gasteiger partial charge in [-0.15, -0.1) is 0 Å². The number of carbonyl (C=O) groups excluding carboxylic acids is 2.